The van der Waals surface area contributed by atoms with Gasteiger partial charge in [-0.2, -0.15) is 0 Å². The quantitative estimate of drug-likeness (QED) is 0.0264. The van der Waals surface area contributed by atoms with Crippen molar-refractivity contribution in [1.82, 2.24) is 21.3 Å². The third kappa shape index (κ3) is 33.1. The molecule has 4 atom stereocenters. The Balaban J connectivity index is 4.45. The van der Waals surface area contributed by atoms with Gasteiger partial charge in [0.15, 0.2) is 0 Å². The molecule has 0 rings (SSSR count). The van der Waals surface area contributed by atoms with Gasteiger partial charge in [0.25, 0.3) is 0 Å². The van der Waals surface area contributed by atoms with E-state index in [4.69, 9.17) is 49.4 Å². The largest absolute Gasteiger partial charge is 0.466 e. The molecule has 0 aromatic carbocycles. The highest BCUT2D eigenvalue weighted by molar-refractivity contribution is 5.94. The number of hydrogen-bond acceptors (Lipinski definition) is 18. The fourth-order valence-electron chi connectivity index (χ4n) is 4.91. The normalized spacial score (nSPS) is 12.8. The van der Waals surface area contributed by atoms with Crippen LogP contribution in [0.15, 0.2) is 0 Å². The molecule has 0 radical (unpaired) electrons. The molecule has 22 nitrogen and oxygen atoms in total. The van der Waals surface area contributed by atoms with E-state index in [2.05, 4.69) is 21.3 Å². The lowest BCUT2D eigenvalue weighted by Crippen LogP contribution is -2.53. The van der Waals surface area contributed by atoms with Crippen molar-refractivity contribution in [3.05, 3.63) is 0 Å². The molecule has 8 N–H and O–H groups in total. The van der Waals surface area contributed by atoms with Crippen LogP contribution >= 0.6 is 0 Å². The van der Waals surface area contributed by atoms with E-state index in [-0.39, 0.29) is 105 Å². The van der Waals surface area contributed by atoms with E-state index in [0.29, 0.717) is 25.7 Å². The van der Waals surface area contributed by atoms with Crippen LogP contribution in [0.3, 0.4) is 0 Å². The number of amides is 4. The van der Waals surface area contributed by atoms with E-state index in [1.54, 1.807) is 0 Å². The standard InChI is InChI=1S/C42H76N6O16/c1-5-9-15-61-35(49)27-31(43)39(53)47-33(29-37(51)63-17-11-7-3)41(55)45-13-19-57-21-23-59-25-26-60-24-22-58-20-14-46-42(56)34(30-38(52)64-18-12-8-4)48-40(54)32(44)28-36(50)62-16-10-6-2/h31-34H,5-30,43-44H2,1-4H3,(H,45,55)(H,46,56)(H,47,53)(H,48,54)/t31-,32-,33-,34-/m0/s1. The molecule has 0 aliphatic rings. The zero-order valence-electron chi connectivity index (χ0n) is 38.4. The number of nitrogens with two attached hydrogens (primary N) is 2. The second kappa shape index (κ2) is 40.1. The van der Waals surface area contributed by atoms with Crippen molar-refractivity contribution in [3.63, 3.8) is 0 Å². The molecule has 0 unspecified atom stereocenters. The number of hydrogen-bond donors (Lipinski definition) is 6. The molecule has 0 bridgehead atoms. The van der Waals surface area contributed by atoms with Crippen molar-refractivity contribution in [3.8, 4) is 0 Å². The topological polar surface area (TPSA) is 311 Å². The molecule has 64 heavy (non-hydrogen) atoms. The first-order valence-electron chi connectivity index (χ1n) is 22.4. The predicted octanol–water partition coefficient (Wildman–Crippen LogP) is -0.157. The predicted molar refractivity (Wildman–Crippen MR) is 231 cm³/mol. The fraction of sp³-hybridized carbons (Fsp3) is 0.810. The lowest BCUT2D eigenvalue weighted by atomic mass is 10.1. The number of unbranched alkanes of at least 4 members (excludes halogenated alkanes) is 4. The number of carbonyl (C=O) groups excluding carboxylic acids is 8. The Bertz CT molecular complexity index is 1240. The van der Waals surface area contributed by atoms with Crippen LogP contribution in [0.4, 0.5) is 0 Å². The van der Waals surface area contributed by atoms with Gasteiger partial charge in [0.1, 0.15) is 12.1 Å². The van der Waals surface area contributed by atoms with Gasteiger partial charge in [-0.05, 0) is 25.7 Å². The smallest absolute Gasteiger partial charge is 0.308 e. The highest BCUT2D eigenvalue weighted by Gasteiger charge is 2.29. The molecule has 0 aromatic rings. The Morgan fingerprint density at radius 1 is 0.375 bits per heavy atom. The Morgan fingerprint density at radius 3 is 0.922 bits per heavy atom. The van der Waals surface area contributed by atoms with Crippen LogP contribution in [0.25, 0.3) is 0 Å². The highest BCUT2D eigenvalue weighted by atomic mass is 16.6. The van der Waals surface area contributed by atoms with Crippen LogP contribution in [-0.2, 0) is 76.3 Å². The van der Waals surface area contributed by atoms with Crippen molar-refractivity contribution in [2.45, 2.75) is 129 Å². The number of ether oxygens (including phenoxy) is 8. The SMILES string of the molecule is CCCCOC(=O)C[C@H](NC(=O)[C@@H](N)CC(=O)OCCCC)C(=O)NCCOCCOCCOCCOCCNC(=O)[C@H](CC(=O)OCCCC)NC(=O)[C@@H](N)CC(=O)OCCCC. The third-order valence-corrected chi connectivity index (χ3v) is 8.71. The number of rotatable bonds is 41. The van der Waals surface area contributed by atoms with Crippen molar-refractivity contribution in [2.75, 3.05) is 92.4 Å². The summed E-state index contributed by atoms with van der Waals surface area (Å²) in [6.45, 7) is 10.3. The summed E-state index contributed by atoms with van der Waals surface area (Å²) in [6, 6.07) is -5.15. The molecule has 370 valence electrons. The first-order valence-corrected chi connectivity index (χ1v) is 22.4. The van der Waals surface area contributed by atoms with Crippen LogP contribution in [0.5, 0.6) is 0 Å². The van der Waals surface area contributed by atoms with Crippen LogP contribution in [0, 0.1) is 0 Å². The van der Waals surface area contributed by atoms with E-state index in [1.165, 1.54) is 0 Å². The lowest BCUT2D eigenvalue weighted by Gasteiger charge is -2.20. The monoisotopic (exact) mass is 921 g/mol. The molecule has 4 amide bonds. The van der Waals surface area contributed by atoms with Gasteiger partial charge in [0, 0.05) is 13.1 Å². The van der Waals surface area contributed by atoms with E-state index < -0.39 is 84.5 Å². The van der Waals surface area contributed by atoms with E-state index in [0.717, 1.165) is 25.7 Å². The summed E-state index contributed by atoms with van der Waals surface area (Å²) in [7, 11) is 0. The average molecular weight is 921 g/mol. The summed E-state index contributed by atoms with van der Waals surface area (Å²) < 4.78 is 42.3. The Labute approximate surface area is 377 Å². The molecule has 0 aromatic heterocycles. The van der Waals surface area contributed by atoms with Crippen LogP contribution in [0.2, 0.25) is 0 Å². The number of carbonyl (C=O) groups is 8. The highest BCUT2D eigenvalue weighted by Crippen LogP contribution is 2.04. The molecule has 0 aliphatic carbocycles. The second-order valence-corrected chi connectivity index (χ2v) is 14.5. The molecule has 0 spiro atoms. The Kier molecular flexibility index (Phi) is 37.3. The zero-order valence-corrected chi connectivity index (χ0v) is 38.4. The van der Waals surface area contributed by atoms with Gasteiger partial charge in [-0.1, -0.05) is 53.4 Å². The van der Waals surface area contributed by atoms with Crippen LogP contribution < -0.4 is 32.7 Å². The van der Waals surface area contributed by atoms with Crippen molar-refractivity contribution >= 4 is 47.5 Å². The maximum Gasteiger partial charge on any atom is 0.308 e. The molecular weight excluding hydrogens is 844 g/mol. The summed E-state index contributed by atoms with van der Waals surface area (Å²) in [5, 5.41) is 10.1. The van der Waals surface area contributed by atoms with E-state index in [9.17, 15) is 38.4 Å². The minimum Gasteiger partial charge on any atom is -0.466 e. The summed E-state index contributed by atoms with van der Waals surface area (Å²) in [4.78, 5) is 99.8. The van der Waals surface area contributed by atoms with Gasteiger partial charge in [-0.25, -0.2) is 0 Å². The summed E-state index contributed by atoms with van der Waals surface area (Å²) in [6.07, 6.45) is 4.24. The molecule has 22 heteroatoms. The van der Waals surface area contributed by atoms with Gasteiger partial charge >= 0.3 is 23.9 Å². The molecule has 0 saturated carbocycles. The zero-order chi connectivity index (χ0) is 47.8. The molecule has 0 heterocycles. The van der Waals surface area contributed by atoms with Gasteiger partial charge in [-0.15, -0.1) is 0 Å². The van der Waals surface area contributed by atoms with Crippen molar-refractivity contribution in [2.24, 2.45) is 11.5 Å². The maximum atomic E-state index is 12.9. The molecular formula is C42H76N6O16. The third-order valence-electron chi connectivity index (χ3n) is 8.71. The summed E-state index contributed by atoms with van der Waals surface area (Å²) in [5.74, 6) is -5.54. The minimum absolute atomic E-state index is 0.0664. The minimum atomic E-state index is -1.29. The van der Waals surface area contributed by atoms with Gasteiger partial charge in [0.05, 0.1) is 117 Å². The van der Waals surface area contributed by atoms with E-state index in [1.807, 2.05) is 27.7 Å². The Morgan fingerprint density at radius 2 is 0.641 bits per heavy atom. The maximum absolute atomic E-state index is 12.9. The van der Waals surface area contributed by atoms with Crippen LogP contribution in [-0.4, -0.2) is 164 Å². The van der Waals surface area contributed by atoms with Crippen LogP contribution in [0.1, 0.15) is 105 Å². The number of nitrogens with one attached hydrogen (secondary N) is 4. The summed E-state index contributed by atoms with van der Waals surface area (Å²) >= 11 is 0. The van der Waals surface area contributed by atoms with E-state index >= 15 is 0 Å². The van der Waals surface area contributed by atoms with Gasteiger partial charge < -0.3 is 70.6 Å². The molecule has 0 saturated heterocycles. The van der Waals surface area contributed by atoms with Gasteiger partial charge in [0.2, 0.25) is 23.6 Å². The molecule has 0 fully saturated rings. The lowest BCUT2D eigenvalue weighted by molar-refractivity contribution is -0.147. The van der Waals surface area contributed by atoms with Gasteiger partial charge in [-0.3, -0.25) is 38.4 Å². The second-order valence-electron chi connectivity index (χ2n) is 14.5. The van der Waals surface area contributed by atoms with Crippen molar-refractivity contribution < 1.29 is 76.3 Å². The number of esters is 4. The van der Waals surface area contributed by atoms with Crippen molar-refractivity contribution in [1.29, 1.82) is 0 Å². The summed E-state index contributed by atoms with van der Waals surface area (Å²) in [5.41, 5.74) is 11.7. The first kappa shape index (κ1) is 59.5. The first-order chi connectivity index (χ1) is 30.8. The Hall–Kier alpha value is -4.48. The molecule has 0 aliphatic heterocycles. The average Bonchev–Trinajstić information content (AvgIpc) is 3.25. The fourth-order valence-corrected chi connectivity index (χ4v) is 4.91.